The smallest absolute Gasteiger partial charge is 0.146 e. The Hall–Kier alpha value is -1.97. The number of pyridine rings is 1. The summed E-state index contributed by atoms with van der Waals surface area (Å²) in [6.07, 6.45) is 1.71. The van der Waals surface area contributed by atoms with Gasteiger partial charge >= 0.3 is 0 Å². The van der Waals surface area contributed by atoms with Crippen molar-refractivity contribution in [2.75, 3.05) is 5.73 Å². The van der Waals surface area contributed by atoms with Gasteiger partial charge in [0.1, 0.15) is 17.9 Å². The minimum atomic E-state index is 0.317. The summed E-state index contributed by atoms with van der Waals surface area (Å²) in [5.74, 6) is 0.661. The molecule has 0 amide bonds. The number of rotatable bonds is 3. The topological polar surface area (TPSA) is 48.1 Å². The number of benzene rings is 2. The van der Waals surface area contributed by atoms with Crippen LogP contribution in [0, 0.1) is 0 Å². The van der Waals surface area contributed by atoms with Crippen molar-refractivity contribution in [1.29, 1.82) is 0 Å². The van der Waals surface area contributed by atoms with Crippen LogP contribution in [0.15, 0.2) is 48.7 Å². The summed E-state index contributed by atoms with van der Waals surface area (Å²) in [5, 5.41) is 2.12. The van der Waals surface area contributed by atoms with Gasteiger partial charge in [0.15, 0.2) is 0 Å². The van der Waals surface area contributed by atoms with Crippen molar-refractivity contribution in [2.24, 2.45) is 0 Å². The molecule has 3 rings (SSSR count). The van der Waals surface area contributed by atoms with Crippen LogP contribution >= 0.6 is 23.2 Å². The van der Waals surface area contributed by atoms with Crippen molar-refractivity contribution in [3.05, 3.63) is 64.3 Å². The quantitative estimate of drug-likeness (QED) is 0.712. The number of fused-ring (bicyclic) bond motifs is 1. The Morgan fingerprint density at radius 1 is 1.05 bits per heavy atom. The van der Waals surface area contributed by atoms with E-state index >= 15 is 0 Å². The lowest BCUT2D eigenvalue weighted by molar-refractivity contribution is 0.309. The molecule has 0 fully saturated rings. The number of hydrogen-bond acceptors (Lipinski definition) is 3. The van der Waals surface area contributed by atoms with Crippen LogP contribution in [0.4, 0.5) is 5.69 Å². The van der Waals surface area contributed by atoms with Gasteiger partial charge in [-0.15, -0.1) is 0 Å². The van der Waals surface area contributed by atoms with Crippen molar-refractivity contribution in [1.82, 2.24) is 4.98 Å². The first-order valence-corrected chi connectivity index (χ1v) is 7.10. The molecule has 106 valence electrons. The monoisotopic (exact) mass is 318 g/mol. The highest BCUT2D eigenvalue weighted by atomic mass is 35.5. The Labute approximate surface area is 132 Å². The maximum Gasteiger partial charge on any atom is 0.146 e. The highest BCUT2D eigenvalue weighted by Crippen LogP contribution is 2.30. The van der Waals surface area contributed by atoms with E-state index in [0.29, 0.717) is 28.1 Å². The molecule has 0 saturated carbocycles. The third-order valence-corrected chi connectivity index (χ3v) is 3.83. The summed E-state index contributed by atoms with van der Waals surface area (Å²) in [7, 11) is 0. The number of halogens is 2. The minimum Gasteiger partial charge on any atom is -0.487 e. The van der Waals surface area contributed by atoms with Gasteiger partial charge in [0.2, 0.25) is 0 Å². The summed E-state index contributed by atoms with van der Waals surface area (Å²) in [6, 6.07) is 12.7. The van der Waals surface area contributed by atoms with Crippen molar-refractivity contribution in [3.8, 4) is 5.75 Å². The van der Waals surface area contributed by atoms with Gasteiger partial charge < -0.3 is 10.5 Å². The fraction of sp³-hybridized carbons (Fsp3) is 0.0625. The lowest BCUT2D eigenvalue weighted by Gasteiger charge is -2.11. The normalized spacial score (nSPS) is 10.8. The van der Waals surface area contributed by atoms with Gasteiger partial charge in [-0.3, -0.25) is 4.98 Å². The maximum absolute atomic E-state index is 6.16. The molecule has 2 N–H and O–H groups in total. The first kappa shape index (κ1) is 14.0. The van der Waals surface area contributed by atoms with Crippen LogP contribution in [-0.4, -0.2) is 4.98 Å². The molecule has 0 atom stereocenters. The van der Waals surface area contributed by atoms with E-state index in [1.54, 1.807) is 36.5 Å². The number of hydrogen-bond donors (Lipinski definition) is 1. The molecule has 21 heavy (non-hydrogen) atoms. The molecule has 0 aliphatic carbocycles. The molecular formula is C16H12Cl2N2O. The summed E-state index contributed by atoms with van der Waals surface area (Å²) >= 11 is 12.3. The summed E-state index contributed by atoms with van der Waals surface area (Å²) in [5.41, 5.74) is 7.97. The number of anilines is 1. The van der Waals surface area contributed by atoms with Crippen molar-refractivity contribution in [2.45, 2.75) is 6.61 Å². The first-order chi connectivity index (χ1) is 10.1. The van der Waals surface area contributed by atoms with E-state index in [4.69, 9.17) is 33.7 Å². The fourth-order valence-corrected chi connectivity index (χ4v) is 2.48. The standard InChI is InChI=1S/C16H12Cl2N2O/c17-13-4-3-11(19)8-10(13)9-21-15-6-5-14(18)12-2-1-7-20-16(12)15/h1-8H,9,19H2. The summed E-state index contributed by atoms with van der Waals surface area (Å²) in [6.45, 7) is 0.317. The van der Waals surface area contributed by atoms with Gasteiger partial charge in [-0.1, -0.05) is 23.2 Å². The Bertz CT molecular complexity index is 805. The average molecular weight is 319 g/mol. The summed E-state index contributed by atoms with van der Waals surface area (Å²) < 4.78 is 5.84. The maximum atomic E-state index is 6.16. The highest BCUT2D eigenvalue weighted by Gasteiger charge is 2.08. The van der Waals surface area contributed by atoms with E-state index in [1.807, 2.05) is 12.1 Å². The van der Waals surface area contributed by atoms with E-state index in [0.717, 1.165) is 16.5 Å². The van der Waals surface area contributed by atoms with E-state index in [2.05, 4.69) is 4.98 Å². The van der Waals surface area contributed by atoms with Crippen molar-refractivity contribution >= 4 is 39.8 Å². The molecule has 0 unspecified atom stereocenters. The zero-order valence-electron chi connectivity index (χ0n) is 11.0. The first-order valence-electron chi connectivity index (χ1n) is 6.35. The molecule has 1 aromatic heterocycles. The van der Waals surface area contributed by atoms with Gasteiger partial charge in [0, 0.05) is 27.9 Å². The average Bonchev–Trinajstić information content (AvgIpc) is 2.50. The van der Waals surface area contributed by atoms with Crippen LogP contribution in [0.1, 0.15) is 5.56 Å². The van der Waals surface area contributed by atoms with Crippen molar-refractivity contribution in [3.63, 3.8) is 0 Å². The van der Waals surface area contributed by atoms with E-state index < -0.39 is 0 Å². The van der Waals surface area contributed by atoms with Crippen LogP contribution in [0.2, 0.25) is 10.0 Å². The molecular weight excluding hydrogens is 307 g/mol. The molecule has 0 saturated heterocycles. The molecule has 2 aromatic carbocycles. The number of nitrogens with zero attached hydrogens (tertiary/aromatic N) is 1. The van der Waals surface area contributed by atoms with Crippen LogP contribution in [0.5, 0.6) is 5.75 Å². The molecule has 3 aromatic rings. The lowest BCUT2D eigenvalue weighted by Crippen LogP contribution is -1.99. The van der Waals surface area contributed by atoms with Gasteiger partial charge in [-0.2, -0.15) is 0 Å². The van der Waals surface area contributed by atoms with Crippen molar-refractivity contribution < 1.29 is 4.74 Å². The number of nitrogen functional groups attached to an aromatic ring is 1. The Morgan fingerprint density at radius 3 is 2.71 bits per heavy atom. The minimum absolute atomic E-state index is 0.317. The number of ether oxygens (including phenoxy) is 1. The molecule has 5 heteroatoms. The third-order valence-electron chi connectivity index (χ3n) is 3.13. The fourth-order valence-electron chi connectivity index (χ4n) is 2.09. The number of aromatic nitrogens is 1. The largest absolute Gasteiger partial charge is 0.487 e. The SMILES string of the molecule is Nc1ccc(Cl)c(COc2ccc(Cl)c3cccnc23)c1. The Kier molecular flexibility index (Phi) is 3.86. The molecule has 1 heterocycles. The van der Waals surface area contributed by atoms with E-state index in [1.165, 1.54) is 0 Å². The van der Waals surface area contributed by atoms with Gasteiger partial charge in [0.05, 0.1) is 5.02 Å². The van der Waals surface area contributed by atoms with E-state index in [9.17, 15) is 0 Å². The number of nitrogens with two attached hydrogens (primary N) is 1. The zero-order valence-corrected chi connectivity index (χ0v) is 12.5. The van der Waals surface area contributed by atoms with Crippen LogP contribution in [0.25, 0.3) is 10.9 Å². The molecule has 0 aliphatic rings. The van der Waals surface area contributed by atoms with Crippen LogP contribution < -0.4 is 10.5 Å². The molecule has 0 spiro atoms. The summed E-state index contributed by atoms with van der Waals surface area (Å²) in [4.78, 5) is 4.33. The van der Waals surface area contributed by atoms with Gasteiger partial charge in [-0.25, -0.2) is 0 Å². The van der Waals surface area contributed by atoms with Crippen LogP contribution in [-0.2, 0) is 6.61 Å². The second-order valence-electron chi connectivity index (χ2n) is 4.58. The van der Waals surface area contributed by atoms with Crippen LogP contribution in [0.3, 0.4) is 0 Å². The Balaban J connectivity index is 1.92. The van der Waals surface area contributed by atoms with E-state index in [-0.39, 0.29) is 0 Å². The van der Waals surface area contributed by atoms with Gasteiger partial charge in [0.25, 0.3) is 0 Å². The predicted octanol–water partition coefficient (Wildman–Crippen LogP) is 4.70. The van der Waals surface area contributed by atoms with Gasteiger partial charge in [-0.05, 0) is 42.5 Å². The lowest BCUT2D eigenvalue weighted by atomic mass is 10.2. The third kappa shape index (κ3) is 2.89. The second kappa shape index (κ2) is 5.80. The molecule has 0 aliphatic heterocycles. The second-order valence-corrected chi connectivity index (χ2v) is 5.40. The predicted molar refractivity (Wildman–Crippen MR) is 86.9 cm³/mol. The highest BCUT2D eigenvalue weighted by molar-refractivity contribution is 6.35. The molecule has 3 nitrogen and oxygen atoms in total. The molecule has 0 radical (unpaired) electrons. The molecule has 0 bridgehead atoms. The zero-order chi connectivity index (χ0) is 14.8. The Morgan fingerprint density at radius 2 is 1.86 bits per heavy atom.